The maximum atomic E-state index is 5.80. The van der Waals surface area contributed by atoms with Gasteiger partial charge in [0.1, 0.15) is 5.15 Å². The van der Waals surface area contributed by atoms with E-state index in [9.17, 15) is 0 Å². The van der Waals surface area contributed by atoms with Crippen LogP contribution in [0.1, 0.15) is 29.2 Å². The Balaban J connectivity index is 1.93. The first kappa shape index (κ1) is 17.8. The number of hydrogen-bond donors (Lipinski definition) is 2. The van der Waals surface area contributed by atoms with Crippen LogP contribution in [0.5, 0.6) is 0 Å². The van der Waals surface area contributed by atoms with Crippen molar-refractivity contribution in [2.24, 2.45) is 4.99 Å². The molecule has 0 spiro atoms. The number of rotatable bonds is 6. The third-order valence-corrected chi connectivity index (χ3v) is 4.49. The number of pyridine rings is 1. The number of nitrogens with zero attached hydrogens (tertiary/aromatic N) is 2. The molecule has 2 rings (SSSR count). The monoisotopic (exact) mass is 350 g/mol. The maximum absolute atomic E-state index is 5.80. The number of aliphatic imine (C=N–C) groups is 1. The van der Waals surface area contributed by atoms with E-state index in [2.05, 4.69) is 53.5 Å². The molecule has 23 heavy (non-hydrogen) atoms. The summed E-state index contributed by atoms with van der Waals surface area (Å²) in [7, 11) is 0. The largest absolute Gasteiger partial charge is 0.357 e. The smallest absolute Gasteiger partial charge is 0.191 e. The first-order chi connectivity index (χ1) is 11.1. The molecule has 0 saturated heterocycles. The first-order valence-corrected chi connectivity index (χ1v) is 8.97. The average Bonchev–Trinajstić information content (AvgIpc) is 2.91. The van der Waals surface area contributed by atoms with E-state index in [-0.39, 0.29) is 0 Å². The Kier molecular flexibility index (Phi) is 6.86. The number of nitrogens with one attached hydrogen (secondary N) is 2. The topological polar surface area (TPSA) is 49.3 Å². The Labute approximate surface area is 147 Å². The van der Waals surface area contributed by atoms with Crippen LogP contribution in [0.2, 0.25) is 5.15 Å². The van der Waals surface area contributed by atoms with Gasteiger partial charge in [-0.25, -0.2) is 9.98 Å². The highest BCUT2D eigenvalue weighted by atomic mass is 35.5. The predicted molar refractivity (Wildman–Crippen MR) is 99.4 cm³/mol. The SMILES string of the molecule is CCNC(=NCc1ccc(Cl)nc1)NC(C)Cc1ccc(C)s1. The Morgan fingerprint density at radius 1 is 1.35 bits per heavy atom. The molecule has 2 heterocycles. The molecule has 2 aromatic heterocycles. The van der Waals surface area contributed by atoms with Crippen LogP contribution in [-0.4, -0.2) is 23.5 Å². The van der Waals surface area contributed by atoms with Crippen molar-refractivity contribution in [2.45, 2.75) is 39.8 Å². The van der Waals surface area contributed by atoms with Crippen LogP contribution < -0.4 is 10.6 Å². The molecule has 0 bridgehead atoms. The van der Waals surface area contributed by atoms with Gasteiger partial charge >= 0.3 is 0 Å². The van der Waals surface area contributed by atoms with E-state index < -0.39 is 0 Å². The molecular formula is C17H23ClN4S. The minimum Gasteiger partial charge on any atom is -0.357 e. The normalized spacial score (nSPS) is 13.0. The van der Waals surface area contributed by atoms with Crippen molar-refractivity contribution in [1.29, 1.82) is 0 Å². The molecule has 0 radical (unpaired) electrons. The van der Waals surface area contributed by atoms with Gasteiger partial charge in [0, 0.05) is 35.0 Å². The van der Waals surface area contributed by atoms with Crippen molar-refractivity contribution in [1.82, 2.24) is 15.6 Å². The summed E-state index contributed by atoms with van der Waals surface area (Å²) < 4.78 is 0. The summed E-state index contributed by atoms with van der Waals surface area (Å²) in [6.07, 6.45) is 2.75. The molecule has 0 fully saturated rings. The molecule has 0 aliphatic heterocycles. The Bertz CT molecular complexity index is 636. The zero-order valence-electron chi connectivity index (χ0n) is 13.8. The van der Waals surface area contributed by atoms with E-state index in [4.69, 9.17) is 11.6 Å². The van der Waals surface area contributed by atoms with Crippen molar-refractivity contribution in [3.05, 3.63) is 50.9 Å². The average molecular weight is 351 g/mol. The fourth-order valence-corrected chi connectivity index (χ4v) is 3.30. The van der Waals surface area contributed by atoms with Gasteiger partial charge in [0.2, 0.25) is 0 Å². The molecular weight excluding hydrogens is 328 g/mol. The Hall–Kier alpha value is -1.59. The van der Waals surface area contributed by atoms with Crippen LogP contribution in [0.25, 0.3) is 0 Å². The van der Waals surface area contributed by atoms with Gasteiger partial charge in [-0.3, -0.25) is 0 Å². The highest BCUT2D eigenvalue weighted by Crippen LogP contribution is 2.16. The molecule has 0 aliphatic rings. The number of thiophene rings is 1. The van der Waals surface area contributed by atoms with E-state index in [0.29, 0.717) is 17.7 Å². The summed E-state index contributed by atoms with van der Waals surface area (Å²) in [5, 5.41) is 7.24. The molecule has 6 heteroatoms. The molecule has 0 amide bonds. The van der Waals surface area contributed by atoms with Gasteiger partial charge in [0.25, 0.3) is 0 Å². The predicted octanol–water partition coefficient (Wildman–Crippen LogP) is 3.79. The summed E-state index contributed by atoms with van der Waals surface area (Å²) in [5.41, 5.74) is 1.04. The van der Waals surface area contributed by atoms with Crippen molar-refractivity contribution in [3.8, 4) is 0 Å². The van der Waals surface area contributed by atoms with Gasteiger partial charge in [0.15, 0.2) is 5.96 Å². The highest BCUT2D eigenvalue weighted by Gasteiger charge is 2.07. The van der Waals surface area contributed by atoms with Crippen LogP contribution in [0.4, 0.5) is 0 Å². The van der Waals surface area contributed by atoms with Crippen LogP contribution in [0, 0.1) is 6.92 Å². The van der Waals surface area contributed by atoms with Gasteiger partial charge in [-0.1, -0.05) is 17.7 Å². The third-order valence-electron chi connectivity index (χ3n) is 3.24. The summed E-state index contributed by atoms with van der Waals surface area (Å²) in [5.74, 6) is 0.822. The first-order valence-electron chi connectivity index (χ1n) is 7.77. The van der Waals surface area contributed by atoms with Gasteiger partial charge in [0.05, 0.1) is 6.54 Å². The van der Waals surface area contributed by atoms with Gasteiger partial charge in [-0.05, 0) is 44.5 Å². The molecule has 1 unspecified atom stereocenters. The molecule has 0 aromatic carbocycles. The second kappa shape index (κ2) is 8.89. The lowest BCUT2D eigenvalue weighted by Gasteiger charge is -2.17. The molecule has 1 atom stereocenters. The third kappa shape index (κ3) is 6.20. The minimum atomic E-state index is 0.314. The van der Waals surface area contributed by atoms with E-state index in [1.807, 2.05) is 17.4 Å². The fraction of sp³-hybridized carbons (Fsp3) is 0.412. The zero-order valence-corrected chi connectivity index (χ0v) is 15.3. The maximum Gasteiger partial charge on any atom is 0.191 e. The van der Waals surface area contributed by atoms with E-state index in [1.165, 1.54) is 9.75 Å². The summed E-state index contributed by atoms with van der Waals surface area (Å²) in [6, 6.07) is 8.41. The number of hydrogen-bond acceptors (Lipinski definition) is 3. The summed E-state index contributed by atoms with van der Waals surface area (Å²) >= 11 is 7.65. The van der Waals surface area contributed by atoms with E-state index >= 15 is 0 Å². The lowest BCUT2D eigenvalue weighted by molar-refractivity contribution is 0.645. The molecule has 2 N–H and O–H groups in total. The Morgan fingerprint density at radius 2 is 2.17 bits per heavy atom. The molecule has 4 nitrogen and oxygen atoms in total. The van der Waals surface area contributed by atoms with Gasteiger partial charge < -0.3 is 10.6 Å². The number of aryl methyl sites for hydroxylation is 1. The van der Waals surface area contributed by atoms with Crippen LogP contribution in [0.15, 0.2) is 35.5 Å². The summed E-state index contributed by atoms with van der Waals surface area (Å²) in [4.78, 5) is 11.4. The van der Waals surface area contributed by atoms with Crippen LogP contribution in [-0.2, 0) is 13.0 Å². The molecule has 2 aromatic rings. The van der Waals surface area contributed by atoms with Crippen molar-refractivity contribution in [3.63, 3.8) is 0 Å². The van der Waals surface area contributed by atoms with Crippen molar-refractivity contribution in [2.75, 3.05) is 6.54 Å². The summed E-state index contributed by atoms with van der Waals surface area (Å²) in [6.45, 7) is 7.78. The van der Waals surface area contributed by atoms with Crippen molar-refractivity contribution >= 4 is 28.9 Å². The molecule has 0 saturated carbocycles. The highest BCUT2D eigenvalue weighted by molar-refractivity contribution is 7.11. The Morgan fingerprint density at radius 3 is 2.78 bits per heavy atom. The van der Waals surface area contributed by atoms with Gasteiger partial charge in [-0.15, -0.1) is 11.3 Å². The minimum absolute atomic E-state index is 0.314. The van der Waals surface area contributed by atoms with E-state index in [0.717, 1.165) is 24.5 Å². The second-order valence-corrected chi connectivity index (χ2v) is 7.21. The standard InChI is InChI=1S/C17H23ClN4S/c1-4-19-17(21-11-14-6-8-16(18)20-10-14)22-12(2)9-15-7-5-13(3)23-15/h5-8,10,12H,4,9,11H2,1-3H3,(H2,19,21,22). The molecule has 0 aliphatic carbocycles. The van der Waals surface area contributed by atoms with Gasteiger partial charge in [-0.2, -0.15) is 0 Å². The van der Waals surface area contributed by atoms with E-state index in [1.54, 1.807) is 12.3 Å². The zero-order chi connectivity index (χ0) is 16.7. The fourth-order valence-electron chi connectivity index (χ4n) is 2.17. The number of guanidine groups is 1. The number of halogens is 1. The molecule has 124 valence electrons. The quantitative estimate of drug-likeness (QED) is 0.473. The number of aromatic nitrogens is 1. The van der Waals surface area contributed by atoms with Crippen molar-refractivity contribution < 1.29 is 0 Å². The lowest BCUT2D eigenvalue weighted by atomic mass is 10.2. The second-order valence-electron chi connectivity index (χ2n) is 5.45. The van der Waals surface area contributed by atoms with Crippen LogP contribution >= 0.6 is 22.9 Å². The lowest BCUT2D eigenvalue weighted by Crippen LogP contribution is -2.43. The van der Waals surface area contributed by atoms with Crippen LogP contribution in [0.3, 0.4) is 0 Å².